The molecule has 0 rings (SSSR count). The molecule has 0 bridgehead atoms. The highest BCUT2D eigenvalue weighted by Crippen LogP contribution is 2.03. The average molecular weight is 264 g/mol. The van der Waals surface area contributed by atoms with Crippen LogP contribution in [0.25, 0.3) is 0 Å². The normalized spacial score (nSPS) is 11.1. The predicted octanol–water partition coefficient (Wildman–Crippen LogP) is -1.72. The van der Waals surface area contributed by atoms with Gasteiger partial charge >= 0.3 is 8.80 Å². The van der Waals surface area contributed by atoms with Crippen molar-refractivity contribution in [3.05, 3.63) is 0 Å². The number of hydrogen-bond donors (Lipinski definition) is 4. The molecule has 0 fully saturated rings. The Bertz CT molecular complexity index is 267. The molecule has 0 unspecified atom stereocenters. The number of amides is 2. The third kappa shape index (κ3) is 9.94. The number of nitrogens with one attached hydrogen (secondary N) is 1. The highest BCUT2D eigenvalue weighted by Gasteiger charge is 2.26. The van der Waals surface area contributed by atoms with Crippen molar-refractivity contribution in [3.63, 3.8) is 0 Å². The third-order valence-corrected chi connectivity index (χ3v) is 3.17. The molecular weight excluding hydrogens is 244 g/mol. The van der Waals surface area contributed by atoms with Gasteiger partial charge in [-0.05, 0) is 6.42 Å². The number of carbonyl (C=O) groups is 2. The summed E-state index contributed by atoms with van der Waals surface area (Å²) in [5.41, 5.74) is 0. The maximum Gasteiger partial charge on any atom is 0.492 e. The van der Waals surface area contributed by atoms with Crippen LogP contribution in [0.15, 0.2) is 0 Å². The summed E-state index contributed by atoms with van der Waals surface area (Å²) in [5, 5.41) is 2.57. The lowest BCUT2D eigenvalue weighted by Gasteiger charge is -2.21. The van der Waals surface area contributed by atoms with Gasteiger partial charge in [0.05, 0.1) is 0 Å². The van der Waals surface area contributed by atoms with Gasteiger partial charge in [0.25, 0.3) is 0 Å². The van der Waals surface area contributed by atoms with Crippen LogP contribution in [0, 0.1) is 0 Å². The number of rotatable bonds is 7. The Morgan fingerprint density at radius 2 is 1.76 bits per heavy atom. The monoisotopic (exact) mass is 264 g/mol. The Labute approximate surface area is 101 Å². The Morgan fingerprint density at radius 1 is 1.18 bits per heavy atom. The van der Waals surface area contributed by atoms with E-state index in [0.29, 0.717) is 26.1 Å². The minimum absolute atomic E-state index is 0.100. The third-order valence-electron chi connectivity index (χ3n) is 2.14. The number of carbonyl (C=O) groups excluding carboxylic acids is 2. The van der Waals surface area contributed by atoms with E-state index in [4.69, 9.17) is 14.4 Å². The van der Waals surface area contributed by atoms with Gasteiger partial charge in [-0.15, -0.1) is 0 Å². The molecule has 0 aliphatic heterocycles. The van der Waals surface area contributed by atoms with E-state index >= 15 is 0 Å². The lowest BCUT2D eigenvalue weighted by molar-refractivity contribution is -0.129. The van der Waals surface area contributed by atoms with E-state index in [9.17, 15) is 9.59 Å². The quantitative estimate of drug-likeness (QED) is 0.409. The molecule has 0 spiro atoms. The summed E-state index contributed by atoms with van der Waals surface area (Å²) in [6.07, 6.45) is 0.315. The minimum atomic E-state index is -4.02. The maximum absolute atomic E-state index is 11.2. The molecule has 100 valence electrons. The predicted molar refractivity (Wildman–Crippen MR) is 62.8 cm³/mol. The molecule has 8 heteroatoms. The van der Waals surface area contributed by atoms with Crippen LogP contribution in [-0.4, -0.2) is 59.5 Å². The summed E-state index contributed by atoms with van der Waals surface area (Å²) in [6, 6.07) is -0.100. The molecule has 0 radical (unpaired) electrons. The van der Waals surface area contributed by atoms with Crippen molar-refractivity contribution in [2.45, 2.75) is 26.3 Å². The van der Waals surface area contributed by atoms with Crippen molar-refractivity contribution in [3.8, 4) is 0 Å². The van der Waals surface area contributed by atoms with Crippen molar-refractivity contribution >= 4 is 20.6 Å². The first-order valence-electron chi connectivity index (χ1n) is 5.39. The van der Waals surface area contributed by atoms with E-state index in [1.165, 1.54) is 18.7 Å². The first-order valence-corrected chi connectivity index (χ1v) is 7.44. The highest BCUT2D eigenvalue weighted by molar-refractivity contribution is 6.56. The summed E-state index contributed by atoms with van der Waals surface area (Å²) >= 11 is 0. The molecule has 0 atom stereocenters. The van der Waals surface area contributed by atoms with Gasteiger partial charge in [-0.1, -0.05) is 0 Å². The highest BCUT2D eigenvalue weighted by atomic mass is 28.4. The summed E-state index contributed by atoms with van der Waals surface area (Å²) < 4.78 is 0. The zero-order valence-electron chi connectivity index (χ0n) is 10.1. The molecule has 4 N–H and O–H groups in total. The lowest BCUT2D eigenvalue weighted by atomic mass is 10.4. The van der Waals surface area contributed by atoms with Crippen LogP contribution in [-0.2, 0) is 9.59 Å². The molecule has 0 aromatic carbocycles. The van der Waals surface area contributed by atoms with Crippen molar-refractivity contribution < 1.29 is 24.0 Å². The number of hydrogen-bond acceptors (Lipinski definition) is 5. The molecule has 2 amide bonds. The summed E-state index contributed by atoms with van der Waals surface area (Å²) in [4.78, 5) is 49.7. The number of nitrogens with zero attached hydrogens (tertiary/aromatic N) is 1. The fourth-order valence-corrected chi connectivity index (χ4v) is 1.93. The van der Waals surface area contributed by atoms with E-state index in [1.54, 1.807) is 0 Å². The zero-order chi connectivity index (χ0) is 13.5. The lowest BCUT2D eigenvalue weighted by Crippen LogP contribution is -2.39. The van der Waals surface area contributed by atoms with Crippen LogP contribution in [0.1, 0.15) is 20.3 Å². The topological polar surface area (TPSA) is 110 Å². The van der Waals surface area contributed by atoms with Crippen LogP contribution in [0.2, 0.25) is 6.04 Å². The van der Waals surface area contributed by atoms with Crippen LogP contribution in [0.3, 0.4) is 0 Å². The van der Waals surface area contributed by atoms with Crippen LogP contribution in [0.5, 0.6) is 0 Å². The summed E-state index contributed by atoms with van der Waals surface area (Å²) in [5.74, 6) is -0.322. The molecule has 0 aromatic rings. The Balaban J connectivity index is 3.91. The van der Waals surface area contributed by atoms with Gasteiger partial charge < -0.3 is 24.6 Å². The Hall–Kier alpha value is -0.963. The van der Waals surface area contributed by atoms with Crippen LogP contribution >= 0.6 is 0 Å². The van der Waals surface area contributed by atoms with Crippen molar-refractivity contribution in [1.29, 1.82) is 0 Å². The van der Waals surface area contributed by atoms with E-state index in [-0.39, 0.29) is 17.9 Å². The summed E-state index contributed by atoms with van der Waals surface area (Å²) in [6.45, 7) is 3.84. The molecule has 0 aromatic heterocycles. The second-order valence-electron chi connectivity index (χ2n) is 3.87. The summed E-state index contributed by atoms with van der Waals surface area (Å²) in [7, 11) is -4.02. The molecule has 0 aliphatic rings. The minimum Gasteiger partial charge on any atom is -0.390 e. The largest absolute Gasteiger partial charge is 0.492 e. The maximum atomic E-state index is 11.2. The molecule has 0 heterocycles. The Kier molecular flexibility index (Phi) is 6.96. The van der Waals surface area contributed by atoms with E-state index < -0.39 is 8.80 Å². The van der Waals surface area contributed by atoms with Crippen LogP contribution in [0.4, 0.5) is 0 Å². The second-order valence-corrected chi connectivity index (χ2v) is 5.92. The smallest absolute Gasteiger partial charge is 0.390 e. The molecule has 0 saturated heterocycles. The first kappa shape index (κ1) is 16.0. The van der Waals surface area contributed by atoms with Crippen molar-refractivity contribution in [1.82, 2.24) is 10.2 Å². The van der Waals surface area contributed by atoms with Gasteiger partial charge in [-0.2, -0.15) is 0 Å². The van der Waals surface area contributed by atoms with Gasteiger partial charge in [-0.25, -0.2) is 0 Å². The van der Waals surface area contributed by atoms with Gasteiger partial charge in [0.15, 0.2) is 0 Å². The van der Waals surface area contributed by atoms with Gasteiger partial charge in [-0.3, -0.25) is 9.59 Å². The molecule has 0 aliphatic carbocycles. The molecule has 0 saturated carbocycles. The van der Waals surface area contributed by atoms with E-state index in [0.717, 1.165) is 0 Å². The zero-order valence-corrected chi connectivity index (χ0v) is 11.1. The fourth-order valence-electron chi connectivity index (χ4n) is 1.30. The van der Waals surface area contributed by atoms with Gasteiger partial charge in [0, 0.05) is 39.5 Å². The standard InChI is InChI=1S/C9H20N2O5Si/c1-8(12)10-4-6-11(9(2)13)5-3-7-17(14,15)16/h14-16H,3-7H2,1-2H3,(H,10,12). The van der Waals surface area contributed by atoms with Crippen molar-refractivity contribution in [2.75, 3.05) is 19.6 Å². The average Bonchev–Trinajstić information content (AvgIpc) is 2.12. The second kappa shape index (κ2) is 7.38. The van der Waals surface area contributed by atoms with Gasteiger partial charge in [0.1, 0.15) is 0 Å². The van der Waals surface area contributed by atoms with E-state index in [2.05, 4.69) is 5.32 Å². The first-order chi connectivity index (χ1) is 7.72. The van der Waals surface area contributed by atoms with Crippen LogP contribution < -0.4 is 5.32 Å². The molecule has 17 heavy (non-hydrogen) atoms. The SMILES string of the molecule is CC(=O)NCCN(CCC[Si](O)(O)O)C(C)=O. The molecule has 7 nitrogen and oxygen atoms in total. The van der Waals surface area contributed by atoms with E-state index in [1.807, 2.05) is 0 Å². The molecular formula is C9H20N2O5Si. The fraction of sp³-hybridized carbons (Fsp3) is 0.778. The van der Waals surface area contributed by atoms with Gasteiger partial charge in [0.2, 0.25) is 11.8 Å². The Morgan fingerprint density at radius 3 is 2.18 bits per heavy atom. The van der Waals surface area contributed by atoms with Crippen molar-refractivity contribution in [2.24, 2.45) is 0 Å².